The quantitative estimate of drug-likeness (QED) is 0.750. The highest BCUT2D eigenvalue weighted by atomic mass is 16.4. The maximum atomic E-state index is 11.0. The smallest absolute Gasteiger partial charge is 0.311 e. The molecule has 0 radical (unpaired) electrons. The molecule has 0 spiro atoms. The number of carboxylic acids is 1. The minimum Gasteiger partial charge on any atom is -0.481 e. The van der Waals surface area contributed by atoms with Gasteiger partial charge in [0.2, 0.25) is 0 Å². The highest BCUT2D eigenvalue weighted by Gasteiger charge is 2.22. The van der Waals surface area contributed by atoms with Crippen LogP contribution in [0.25, 0.3) is 0 Å². The molecule has 0 aliphatic heterocycles. The van der Waals surface area contributed by atoms with Crippen molar-refractivity contribution in [2.45, 2.75) is 12.3 Å². The molecule has 4 nitrogen and oxygen atoms in total. The fourth-order valence-electron chi connectivity index (χ4n) is 1.33. The third kappa shape index (κ3) is 3.18. The summed E-state index contributed by atoms with van der Waals surface area (Å²) in [5.74, 6) is -2.39. The second kappa shape index (κ2) is 5.26. The molecular formula is C11H12O4. The fourth-order valence-corrected chi connectivity index (χ4v) is 1.33. The molecule has 1 rings (SSSR count). The van der Waals surface area contributed by atoms with E-state index in [1.165, 1.54) is 0 Å². The Bertz CT molecular complexity index is 345. The van der Waals surface area contributed by atoms with E-state index in [0.717, 1.165) is 0 Å². The van der Waals surface area contributed by atoms with E-state index in [1.807, 2.05) is 0 Å². The van der Waals surface area contributed by atoms with Crippen molar-refractivity contribution in [2.24, 2.45) is 0 Å². The molecule has 15 heavy (non-hydrogen) atoms. The van der Waals surface area contributed by atoms with Crippen molar-refractivity contribution in [1.29, 1.82) is 0 Å². The lowest BCUT2D eigenvalue weighted by molar-refractivity contribution is -0.140. The summed E-state index contributed by atoms with van der Waals surface area (Å²) in [6, 6.07) is 8.52. The van der Waals surface area contributed by atoms with Gasteiger partial charge in [-0.1, -0.05) is 30.3 Å². The zero-order chi connectivity index (χ0) is 11.3. The molecule has 0 aliphatic rings. The first-order valence-corrected chi connectivity index (χ1v) is 4.55. The molecule has 0 fully saturated rings. The average Bonchev–Trinajstić information content (AvgIpc) is 2.26. The maximum absolute atomic E-state index is 11.0. The first kappa shape index (κ1) is 11.4. The van der Waals surface area contributed by atoms with Gasteiger partial charge in [-0.15, -0.1) is 0 Å². The van der Waals surface area contributed by atoms with Crippen LogP contribution >= 0.6 is 0 Å². The largest absolute Gasteiger partial charge is 0.481 e. The van der Waals surface area contributed by atoms with Gasteiger partial charge in [0.15, 0.2) is 5.78 Å². The number of aliphatic hydroxyl groups is 1. The molecule has 4 heteroatoms. The molecule has 0 bridgehead atoms. The molecule has 0 heterocycles. The summed E-state index contributed by atoms with van der Waals surface area (Å²) in [6.07, 6.45) is -0.171. The zero-order valence-corrected chi connectivity index (χ0v) is 8.09. The van der Waals surface area contributed by atoms with Gasteiger partial charge in [0, 0.05) is 6.42 Å². The number of hydrogen-bond donors (Lipinski definition) is 2. The Morgan fingerprint density at radius 2 is 1.80 bits per heavy atom. The highest BCUT2D eigenvalue weighted by molar-refractivity contribution is 5.87. The number of carbonyl (C=O) groups excluding carboxylic acids is 1. The number of hydrogen-bond acceptors (Lipinski definition) is 3. The Hall–Kier alpha value is -1.68. The summed E-state index contributed by atoms with van der Waals surface area (Å²) < 4.78 is 0. The number of ketones is 1. The van der Waals surface area contributed by atoms with Gasteiger partial charge in [-0.3, -0.25) is 9.59 Å². The van der Waals surface area contributed by atoms with Gasteiger partial charge in [0.1, 0.15) is 6.61 Å². The van der Waals surface area contributed by atoms with Gasteiger partial charge in [-0.25, -0.2) is 0 Å². The van der Waals surface area contributed by atoms with Crippen molar-refractivity contribution in [3.8, 4) is 0 Å². The molecular weight excluding hydrogens is 196 g/mol. The Kier molecular flexibility index (Phi) is 4.00. The molecule has 0 aromatic heterocycles. The fraction of sp³-hybridized carbons (Fsp3) is 0.273. The van der Waals surface area contributed by atoms with Crippen LogP contribution in [0.2, 0.25) is 0 Å². The Labute approximate surface area is 87.2 Å². The standard InChI is InChI=1S/C11H12O4/c12-7-9(13)6-10(11(14)15)8-4-2-1-3-5-8/h1-5,10,12H,6-7H2,(H,14,15)/t10-/m1/s1. The van der Waals surface area contributed by atoms with E-state index in [0.29, 0.717) is 5.56 Å². The van der Waals surface area contributed by atoms with Crippen molar-refractivity contribution in [1.82, 2.24) is 0 Å². The van der Waals surface area contributed by atoms with Gasteiger partial charge in [-0.05, 0) is 5.56 Å². The minimum absolute atomic E-state index is 0.171. The van der Waals surface area contributed by atoms with E-state index >= 15 is 0 Å². The van der Waals surface area contributed by atoms with Crippen LogP contribution in [-0.4, -0.2) is 28.6 Å². The van der Waals surface area contributed by atoms with Crippen molar-refractivity contribution < 1.29 is 19.8 Å². The molecule has 0 saturated heterocycles. The zero-order valence-electron chi connectivity index (χ0n) is 8.09. The number of Topliss-reactive ketones (excluding diaryl/α,β-unsaturated/α-hetero) is 1. The first-order chi connectivity index (χ1) is 7.15. The number of aliphatic carboxylic acids is 1. The van der Waals surface area contributed by atoms with Crippen LogP contribution in [0.5, 0.6) is 0 Å². The lowest BCUT2D eigenvalue weighted by Gasteiger charge is -2.10. The second-order valence-corrected chi connectivity index (χ2v) is 3.20. The molecule has 1 aromatic carbocycles. The number of rotatable bonds is 5. The molecule has 0 aliphatic carbocycles. The average molecular weight is 208 g/mol. The summed E-state index contributed by atoms with van der Waals surface area (Å²) in [4.78, 5) is 21.9. The molecule has 0 unspecified atom stereocenters. The van der Waals surface area contributed by atoms with Crippen molar-refractivity contribution in [2.75, 3.05) is 6.61 Å². The lowest BCUT2D eigenvalue weighted by Crippen LogP contribution is -2.17. The van der Waals surface area contributed by atoms with Crippen LogP contribution in [0.3, 0.4) is 0 Å². The monoisotopic (exact) mass is 208 g/mol. The lowest BCUT2D eigenvalue weighted by atomic mass is 9.94. The predicted octanol–water partition coefficient (Wildman–Crippen LogP) is 0.806. The van der Waals surface area contributed by atoms with E-state index in [4.69, 9.17) is 10.2 Å². The molecule has 1 aromatic rings. The topological polar surface area (TPSA) is 74.6 Å². The van der Waals surface area contributed by atoms with Crippen LogP contribution < -0.4 is 0 Å². The van der Waals surface area contributed by atoms with Crippen LogP contribution in [0, 0.1) is 0 Å². The van der Waals surface area contributed by atoms with Gasteiger partial charge in [0.25, 0.3) is 0 Å². The number of benzene rings is 1. The third-order valence-electron chi connectivity index (χ3n) is 2.11. The number of aliphatic hydroxyl groups excluding tert-OH is 1. The summed E-state index contributed by atoms with van der Waals surface area (Å²) in [7, 11) is 0. The van der Waals surface area contributed by atoms with Crippen LogP contribution in [0.1, 0.15) is 17.9 Å². The molecule has 1 atom stereocenters. The van der Waals surface area contributed by atoms with E-state index in [2.05, 4.69) is 0 Å². The molecule has 0 amide bonds. The van der Waals surface area contributed by atoms with Crippen LogP contribution in [0.15, 0.2) is 30.3 Å². The molecule has 80 valence electrons. The first-order valence-electron chi connectivity index (χ1n) is 4.55. The second-order valence-electron chi connectivity index (χ2n) is 3.20. The van der Waals surface area contributed by atoms with E-state index in [9.17, 15) is 9.59 Å². The minimum atomic E-state index is -1.05. The van der Waals surface area contributed by atoms with Crippen molar-refractivity contribution in [3.05, 3.63) is 35.9 Å². The predicted molar refractivity (Wildman–Crippen MR) is 53.5 cm³/mol. The maximum Gasteiger partial charge on any atom is 0.311 e. The Morgan fingerprint density at radius 3 is 2.27 bits per heavy atom. The highest BCUT2D eigenvalue weighted by Crippen LogP contribution is 2.19. The van der Waals surface area contributed by atoms with Gasteiger partial charge < -0.3 is 10.2 Å². The van der Waals surface area contributed by atoms with Gasteiger partial charge in [-0.2, -0.15) is 0 Å². The summed E-state index contributed by atoms with van der Waals surface area (Å²) in [6.45, 7) is -0.614. The Balaban J connectivity index is 2.84. The molecule has 0 saturated carbocycles. The van der Waals surface area contributed by atoms with Crippen molar-refractivity contribution >= 4 is 11.8 Å². The van der Waals surface area contributed by atoms with E-state index < -0.39 is 24.3 Å². The van der Waals surface area contributed by atoms with Crippen molar-refractivity contribution in [3.63, 3.8) is 0 Å². The number of carboxylic acid groups (broad SMARTS) is 1. The summed E-state index contributed by atoms with van der Waals surface area (Å²) >= 11 is 0. The molecule has 2 N–H and O–H groups in total. The Morgan fingerprint density at radius 1 is 1.20 bits per heavy atom. The van der Waals surface area contributed by atoms with Crippen LogP contribution in [-0.2, 0) is 9.59 Å². The SMILES string of the molecule is O=C(CO)C[C@@H](C(=O)O)c1ccccc1. The normalized spacial score (nSPS) is 12.1. The summed E-state index contributed by atoms with van der Waals surface area (Å²) in [5.41, 5.74) is 0.576. The van der Waals surface area contributed by atoms with Crippen LogP contribution in [0.4, 0.5) is 0 Å². The third-order valence-corrected chi connectivity index (χ3v) is 2.11. The number of carbonyl (C=O) groups is 2. The van der Waals surface area contributed by atoms with E-state index in [-0.39, 0.29) is 6.42 Å². The van der Waals surface area contributed by atoms with Gasteiger partial charge in [0.05, 0.1) is 5.92 Å². The summed E-state index contributed by atoms with van der Waals surface area (Å²) in [5, 5.41) is 17.5. The van der Waals surface area contributed by atoms with E-state index in [1.54, 1.807) is 30.3 Å². The van der Waals surface area contributed by atoms with Gasteiger partial charge >= 0.3 is 5.97 Å².